The van der Waals surface area contributed by atoms with Gasteiger partial charge in [0.05, 0.1) is 15.8 Å². The van der Waals surface area contributed by atoms with Crippen molar-refractivity contribution in [1.82, 2.24) is 10.2 Å². The van der Waals surface area contributed by atoms with Crippen LogP contribution in [0, 0.1) is 0 Å². The van der Waals surface area contributed by atoms with E-state index >= 15 is 0 Å². The summed E-state index contributed by atoms with van der Waals surface area (Å²) < 4.78 is 5.60. The molecule has 0 bridgehead atoms. The number of Topliss-reactive ketones (excluding diaryl/α,β-unsaturated/α-hetero) is 1. The Balaban J connectivity index is 1.63. The van der Waals surface area contributed by atoms with Crippen molar-refractivity contribution < 1.29 is 14.0 Å². The lowest BCUT2D eigenvalue weighted by Crippen LogP contribution is -2.22. The zero-order valence-corrected chi connectivity index (χ0v) is 16.2. The van der Waals surface area contributed by atoms with Crippen molar-refractivity contribution >= 4 is 40.7 Å². The quantitative estimate of drug-likeness (QED) is 0.475. The molecule has 1 atom stereocenters. The normalized spacial score (nSPS) is 11.8. The van der Waals surface area contributed by atoms with Gasteiger partial charge in [0.1, 0.15) is 0 Å². The van der Waals surface area contributed by atoms with Gasteiger partial charge in [-0.05, 0) is 50.2 Å². The molecule has 0 spiro atoms. The maximum atomic E-state index is 12.4. The van der Waals surface area contributed by atoms with Gasteiger partial charge in [-0.25, -0.2) is 0 Å². The molecule has 0 aliphatic heterocycles. The third-order valence-electron chi connectivity index (χ3n) is 3.72. The summed E-state index contributed by atoms with van der Waals surface area (Å²) in [5.74, 6) is 0.0612. The summed E-state index contributed by atoms with van der Waals surface area (Å²) in [6, 6.07) is 13.9. The number of hydrogen-bond acceptors (Lipinski definition) is 6. The number of halogens is 1. The van der Waals surface area contributed by atoms with Crippen molar-refractivity contribution in [2.75, 3.05) is 5.32 Å². The summed E-state index contributed by atoms with van der Waals surface area (Å²) in [4.78, 5) is 23.7. The van der Waals surface area contributed by atoms with Gasteiger partial charge in [-0.1, -0.05) is 35.5 Å². The molecular formula is C19H16ClN3O3S. The number of rotatable bonds is 6. The van der Waals surface area contributed by atoms with E-state index in [0.29, 0.717) is 27.7 Å². The largest absolute Gasteiger partial charge is 0.411 e. The van der Waals surface area contributed by atoms with E-state index in [0.717, 1.165) is 11.8 Å². The molecule has 27 heavy (non-hydrogen) atoms. The summed E-state index contributed by atoms with van der Waals surface area (Å²) in [6.45, 7) is 3.23. The van der Waals surface area contributed by atoms with Gasteiger partial charge in [0.15, 0.2) is 5.78 Å². The van der Waals surface area contributed by atoms with Crippen LogP contribution in [0.3, 0.4) is 0 Å². The van der Waals surface area contributed by atoms with E-state index in [2.05, 4.69) is 15.5 Å². The summed E-state index contributed by atoms with van der Waals surface area (Å²) in [5, 5.41) is 11.1. The minimum atomic E-state index is -0.461. The minimum absolute atomic E-state index is 0.0254. The van der Waals surface area contributed by atoms with Gasteiger partial charge in [-0.3, -0.25) is 9.59 Å². The summed E-state index contributed by atoms with van der Waals surface area (Å²) >= 11 is 7.28. The fourth-order valence-corrected chi connectivity index (χ4v) is 3.14. The van der Waals surface area contributed by atoms with Crippen LogP contribution >= 0.6 is 23.4 Å². The highest BCUT2D eigenvalue weighted by Crippen LogP contribution is 2.30. The van der Waals surface area contributed by atoms with Gasteiger partial charge in [-0.15, -0.1) is 10.2 Å². The molecule has 0 radical (unpaired) electrons. The number of thioether (sulfide) groups is 1. The van der Waals surface area contributed by atoms with E-state index < -0.39 is 5.25 Å². The van der Waals surface area contributed by atoms with E-state index in [1.807, 2.05) is 12.1 Å². The first-order valence-corrected chi connectivity index (χ1v) is 9.36. The predicted molar refractivity (Wildman–Crippen MR) is 105 cm³/mol. The number of carbonyl (C=O) groups excluding carboxylic acids is 2. The van der Waals surface area contributed by atoms with Crippen LogP contribution in [-0.4, -0.2) is 27.1 Å². The number of benzene rings is 2. The highest BCUT2D eigenvalue weighted by molar-refractivity contribution is 8.00. The number of nitrogens with zero attached hydrogens (tertiary/aromatic N) is 2. The molecule has 8 heteroatoms. The number of amides is 1. The average Bonchev–Trinajstić information content (AvgIpc) is 3.10. The third-order valence-corrected chi connectivity index (χ3v) is 4.98. The van der Waals surface area contributed by atoms with Gasteiger partial charge < -0.3 is 9.73 Å². The van der Waals surface area contributed by atoms with Crippen LogP contribution in [0.1, 0.15) is 24.2 Å². The molecule has 138 valence electrons. The zero-order chi connectivity index (χ0) is 19.4. The van der Waals surface area contributed by atoms with Crippen molar-refractivity contribution in [1.29, 1.82) is 0 Å². The van der Waals surface area contributed by atoms with Crippen LogP contribution in [0.2, 0.25) is 5.02 Å². The maximum Gasteiger partial charge on any atom is 0.277 e. The minimum Gasteiger partial charge on any atom is -0.411 e. The Bertz CT molecular complexity index is 972. The molecule has 1 aromatic heterocycles. The molecule has 3 rings (SSSR count). The summed E-state index contributed by atoms with van der Waals surface area (Å²) in [7, 11) is 0. The third kappa shape index (κ3) is 4.75. The first-order chi connectivity index (χ1) is 12.9. The number of anilines is 1. The Hall–Kier alpha value is -2.64. The van der Waals surface area contributed by atoms with Crippen molar-refractivity contribution in [3.05, 3.63) is 59.1 Å². The van der Waals surface area contributed by atoms with E-state index in [1.165, 1.54) is 6.92 Å². The van der Waals surface area contributed by atoms with Gasteiger partial charge in [0, 0.05) is 11.3 Å². The molecule has 1 N–H and O–H groups in total. The topological polar surface area (TPSA) is 85.1 Å². The van der Waals surface area contributed by atoms with Gasteiger partial charge in [0.2, 0.25) is 11.8 Å². The molecule has 0 fully saturated rings. The summed E-state index contributed by atoms with van der Waals surface area (Å²) in [5.41, 5.74) is 1.84. The Morgan fingerprint density at radius 1 is 1.11 bits per heavy atom. The van der Waals surface area contributed by atoms with Crippen LogP contribution in [0.4, 0.5) is 5.69 Å². The van der Waals surface area contributed by atoms with Crippen molar-refractivity contribution in [3.8, 4) is 11.5 Å². The first-order valence-electron chi connectivity index (χ1n) is 8.11. The number of hydrogen-bond donors (Lipinski definition) is 1. The van der Waals surface area contributed by atoms with Crippen LogP contribution in [0.5, 0.6) is 0 Å². The fraction of sp³-hybridized carbons (Fsp3) is 0.158. The molecule has 0 saturated carbocycles. The Morgan fingerprint density at radius 3 is 2.48 bits per heavy atom. The first kappa shape index (κ1) is 19.1. The second-order valence-corrected chi connectivity index (χ2v) is 7.44. The number of aromatic nitrogens is 2. The highest BCUT2D eigenvalue weighted by atomic mass is 35.5. The van der Waals surface area contributed by atoms with E-state index in [9.17, 15) is 9.59 Å². The molecule has 1 amide bonds. The molecule has 1 unspecified atom stereocenters. The van der Waals surface area contributed by atoms with Gasteiger partial charge >= 0.3 is 0 Å². The SMILES string of the molecule is CC(=O)c1ccc(NC(=O)C(C)Sc2nnc(-c3ccccc3Cl)o2)cc1. The fourth-order valence-electron chi connectivity index (χ4n) is 2.24. The van der Waals surface area contributed by atoms with Crippen molar-refractivity contribution in [2.24, 2.45) is 0 Å². The highest BCUT2D eigenvalue weighted by Gasteiger charge is 2.19. The average molecular weight is 402 g/mol. The molecule has 2 aromatic carbocycles. The molecule has 0 saturated heterocycles. The molecule has 0 aliphatic carbocycles. The smallest absolute Gasteiger partial charge is 0.277 e. The van der Waals surface area contributed by atoms with Crippen LogP contribution in [-0.2, 0) is 4.79 Å². The van der Waals surface area contributed by atoms with Crippen LogP contribution in [0.25, 0.3) is 11.5 Å². The van der Waals surface area contributed by atoms with Crippen LogP contribution in [0.15, 0.2) is 58.2 Å². The maximum absolute atomic E-state index is 12.4. The number of ketones is 1. The second-order valence-electron chi connectivity index (χ2n) is 5.74. The molecule has 1 heterocycles. The lowest BCUT2D eigenvalue weighted by Gasteiger charge is -2.10. The number of nitrogens with one attached hydrogen (secondary N) is 1. The van der Waals surface area contributed by atoms with E-state index in [-0.39, 0.29) is 16.9 Å². The molecule has 6 nitrogen and oxygen atoms in total. The standard InChI is InChI=1S/C19H16ClN3O3S/c1-11(24)13-7-9-14(10-8-13)21-17(25)12(2)27-19-23-22-18(26-19)15-5-3-4-6-16(15)20/h3-10,12H,1-2H3,(H,21,25). The summed E-state index contributed by atoms with van der Waals surface area (Å²) in [6.07, 6.45) is 0. The van der Waals surface area contributed by atoms with Crippen LogP contribution < -0.4 is 5.32 Å². The van der Waals surface area contributed by atoms with E-state index in [1.54, 1.807) is 43.3 Å². The molecule has 0 aliphatic rings. The Labute approximate surface area is 165 Å². The Morgan fingerprint density at radius 2 is 1.81 bits per heavy atom. The van der Waals surface area contributed by atoms with Crippen molar-refractivity contribution in [2.45, 2.75) is 24.3 Å². The predicted octanol–water partition coefficient (Wildman–Crippen LogP) is 4.71. The second kappa shape index (κ2) is 8.37. The number of carbonyl (C=O) groups is 2. The lowest BCUT2D eigenvalue weighted by molar-refractivity contribution is -0.115. The lowest BCUT2D eigenvalue weighted by atomic mass is 10.1. The van der Waals surface area contributed by atoms with Gasteiger partial charge in [0.25, 0.3) is 5.22 Å². The van der Waals surface area contributed by atoms with Crippen molar-refractivity contribution in [3.63, 3.8) is 0 Å². The van der Waals surface area contributed by atoms with Gasteiger partial charge in [-0.2, -0.15) is 0 Å². The molecular weight excluding hydrogens is 386 g/mol. The van der Waals surface area contributed by atoms with E-state index in [4.69, 9.17) is 16.0 Å². The monoisotopic (exact) mass is 401 g/mol. The molecule has 3 aromatic rings. The Kier molecular flexibility index (Phi) is 5.93. The zero-order valence-electron chi connectivity index (χ0n) is 14.6.